The molecule has 0 atom stereocenters. The third kappa shape index (κ3) is 4.17. The molecule has 140 valence electrons. The zero-order valence-electron chi connectivity index (χ0n) is 15.1. The molecular weight excluding hydrogens is 378 g/mol. The van der Waals surface area contributed by atoms with Crippen LogP contribution in [-0.2, 0) is 6.42 Å². The van der Waals surface area contributed by atoms with Gasteiger partial charge in [-0.15, -0.1) is 11.3 Å². The van der Waals surface area contributed by atoms with Crippen LogP contribution in [0, 0.1) is 0 Å². The van der Waals surface area contributed by atoms with Crippen molar-refractivity contribution in [2.75, 3.05) is 18.0 Å². The van der Waals surface area contributed by atoms with Gasteiger partial charge < -0.3 is 10.2 Å². The minimum absolute atomic E-state index is 0.0252. The summed E-state index contributed by atoms with van der Waals surface area (Å²) in [5, 5.41) is 8.13. The maximum absolute atomic E-state index is 12.6. The van der Waals surface area contributed by atoms with Crippen LogP contribution in [0.25, 0.3) is 10.6 Å². The van der Waals surface area contributed by atoms with Gasteiger partial charge in [0.1, 0.15) is 22.0 Å². The highest BCUT2D eigenvalue weighted by Crippen LogP contribution is 2.27. The molecule has 3 aromatic heterocycles. The predicted molar refractivity (Wildman–Crippen MR) is 110 cm³/mol. The van der Waals surface area contributed by atoms with Gasteiger partial charge in [0, 0.05) is 41.8 Å². The summed E-state index contributed by atoms with van der Waals surface area (Å²) in [6.45, 7) is 3.86. The lowest BCUT2D eigenvalue weighted by atomic mass is 10.0. The minimum Gasteiger partial charge on any atom is -0.356 e. The average Bonchev–Trinajstić information content (AvgIpc) is 3.40. The molecule has 0 unspecified atom stereocenters. The number of nitrogens with zero attached hydrogens (tertiary/aromatic N) is 4. The molecule has 1 N–H and O–H groups in total. The lowest BCUT2D eigenvalue weighted by Crippen LogP contribution is -2.44. The van der Waals surface area contributed by atoms with Crippen LogP contribution >= 0.6 is 22.7 Å². The fourth-order valence-corrected chi connectivity index (χ4v) is 4.69. The van der Waals surface area contributed by atoms with Gasteiger partial charge in [-0.25, -0.2) is 15.0 Å². The van der Waals surface area contributed by atoms with Gasteiger partial charge in [0.05, 0.1) is 6.20 Å². The largest absolute Gasteiger partial charge is 0.356 e. The zero-order chi connectivity index (χ0) is 18.6. The van der Waals surface area contributed by atoms with Crippen molar-refractivity contribution >= 4 is 34.4 Å². The van der Waals surface area contributed by atoms with E-state index in [9.17, 15) is 4.79 Å². The monoisotopic (exact) mass is 399 g/mol. The van der Waals surface area contributed by atoms with Gasteiger partial charge in [-0.3, -0.25) is 4.79 Å². The summed E-state index contributed by atoms with van der Waals surface area (Å²) < 4.78 is 0. The number of anilines is 1. The van der Waals surface area contributed by atoms with E-state index in [4.69, 9.17) is 0 Å². The number of carbonyl (C=O) groups excluding carboxylic acids is 1. The van der Waals surface area contributed by atoms with Crippen LogP contribution in [0.2, 0.25) is 0 Å². The van der Waals surface area contributed by atoms with Crippen LogP contribution < -0.4 is 10.2 Å². The maximum Gasteiger partial charge on any atom is 0.263 e. The van der Waals surface area contributed by atoms with Crippen LogP contribution in [0.3, 0.4) is 0 Å². The van der Waals surface area contributed by atoms with Crippen molar-refractivity contribution in [1.29, 1.82) is 0 Å². The van der Waals surface area contributed by atoms with Crippen molar-refractivity contribution in [2.45, 2.75) is 32.2 Å². The number of hydrogen-bond donors (Lipinski definition) is 1. The van der Waals surface area contributed by atoms with E-state index in [1.54, 1.807) is 23.9 Å². The summed E-state index contributed by atoms with van der Waals surface area (Å²) >= 11 is 3.08. The van der Waals surface area contributed by atoms with Crippen molar-refractivity contribution in [3.8, 4) is 10.6 Å². The van der Waals surface area contributed by atoms with Crippen molar-refractivity contribution < 1.29 is 4.79 Å². The molecule has 0 spiro atoms. The van der Waals surface area contributed by atoms with Crippen LogP contribution in [0.1, 0.15) is 35.1 Å². The highest BCUT2D eigenvalue weighted by atomic mass is 32.1. The fraction of sp³-hybridized carbons (Fsp3) is 0.368. The maximum atomic E-state index is 12.6. The van der Waals surface area contributed by atoms with Crippen LogP contribution in [-0.4, -0.2) is 40.0 Å². The predicted octanol–water partition coefficient (Wildman–Crippen LogP) is 3.62. The Labute approximate surface area is 166 Å². The van der Waals surface area contributed by atoms with Crippen LogP contribution in [0.5, 0.6) is 0 Å². The second-order valence-corrected chi connectivity index (χ2v) is 8.31. The molecule has 1 aliphatic rings. The van der Waals surface area contributed by atoms with Gasteiger partial charge in [-0.05, 0) is 30.7 Å². The van der Waals surface area contributed by atoms with Crippen LogP contribution in [0.4, 0.5) is 5.82 Å². The molecule has 3 aromatic rings. The van der Waals surface area contributed by atoms with Gasteiger partial charge in [0.25, 0.3) is 5.91 Å². The summed E-state index contributed by atoms with van der Waals surface area (Å²) in [5.74, 6) is 0.956. The van der Waals surface area contributed by atoms with Gasteiger partial charge in [0.15, 0.2) is 0 Å². The van der Waals surface area contributed by atoms with E-state index in [0.29, 0.717) is 4.88 Å². The van der Waals surface area contributed by atoms with Gasteiger partial charge in [-0.1, -0.05) is 6.92 Å². The van der Waals surface area contributed by atoms with Crippen molar-refractivity contribution in [2.24, 2.45) is 0 Å². The Morgan fingerprint density at radius 3 is 2.89 bits per heavy atom. The topological polar surface area (TPSA) is 71.0 Å². The third-order valence-corrected chi connectivity index (χ3v) is 6.45. The smallest absolute Gasteiger partial charge is 0.263 e. The van der Waals surface area contributed by atoms with E-state index >= 15 is 0 Å². The highest BCUT2D eigenvalue weighted by molar-refractivity contribution is 7.17. The SMILES string of the molecule is CCc1cc(N2CCC(NC(=O)c3cnc(-c4ccsc4)s3)CC2)ncn1. The number of thiazole rings is 1. The summed E-state index contributed by atoms with van der Waals surface area (Å²) in [6, 6.07) is 4.27. The second-order valence-electron chi connectivity index (χ2n) is 6.50. The Morgan fingerprint density at radius 2 is 2.15 bits per heavy atom. The first-order valence-corrected chi connectivity index (χ1v) is 10.8. The summed E-state index contributed by atoms with van der Waals surface area (Å²) in [6.07, 6.45) is 6.04. The molecule has 0 aliphatic carbocycles. The fourth-order valence-electron chi connectivity index (χ4n) is 3.16. The second kappa shape index (κ2) is 8.14. The van der Waals surface area contributed by atoms with E-state index in [2.05, 4.69) is 38.2 Å². The number of nitrogens with one attached hydrogen (secondary N) is 1. The number of thiophene rings is 1. The zero-order valence-corrected chi connectivity index (χ0v) is 16.7. The quantitative estimate of drug-likeness (QED) is 0.709. The molecule has 0 bridgehead atoms. The van der Waals surface area contributed by atoms with Crippen molar-refractivity contribution in [3.05, 3.63) is 46.0 Å². The molecule has 4 heterocycles. The molecule has 1 fully saturated rings. The van der Waals surface area contributed by atoms with E-state index in [1.165, 1.54) is 11.3 Å². The standard InChI is InChI=1S/C19H21N5OS2/c1-2-14-9-17(22-12-21-14)24-6-3-15(4-7-24)23-18(25)16-10-20-19(27-16)13-5-8-26-11-13/h5,8-12,15H,2-4,6-7H2,1H3,(H,23,25). The Hall–Kier alpha value is -2.32. The van der Waals surface area contributed by atoms with Gasteiger partial charge in [0.2, 0.25) is 0 Å². The van der Waals surface area contributed by atoms with Crippen molar-refractivity contribution in [3.63, 3.8) is 0 Å². The Kier molecular flexibility index (Phi) is 5.45. The molecule has 6 nitrogen and oxygen atoms in total. The number of aromatic nitrogens is 3. The molecule has 0 saturated carbocycles. The van der Waals surface area contributed by atoms with E-state index < -0.39 is 0 Å². The summed E-state index contributed by atoms with van der Waals surface area (Å²) in [5.41, 5.74) is 2.13. The lowest BCUT2D eigenvalue weighted by molar-refractivity contribution is 0.0935. The highest BCUT2D eigenvalue weighted by Gasteiger charge is 2.23. The van der Waals surface area contributed by atoms with Crippen molar-refractivity contribution in [1.82, 2.24) is 20.3 Å². The van der Waals surface area contributed by atoms with Crippen LogP contribution in [0.15, 0.2) is 35.4 Å². The molecular formula is C19H21N5OS2. The summed E-state index contributed by atoms with van der Waals surface area (Å²) in [4.78, 5) is 28.5. The molecule has 4 rings (SSSR count). The van der Waals surface area contributed by atoms with Gasteiger partial charge >= 0.3 is 0 Å². The molecule has 27 heavy (non-hydrogen) atoms. The molecule has 1 aliphatic heterocycles. The number of rotatable bonds is 5. The first kappa shape index (κ1) is 18.1. The van der Waals surface area contributed by atoms with E-state index in [0.717, 1.165) is 54.4 Å². The number of amides is 1. The molecule has 1 saturated heterocycles. The number of carbonyl (C=O) groups is 1. The Bertz CT molecular complexity index is 900. The number of aryl methyl sites for hydroxylation is 1. The molecule has 0 radical (unpaired) electrons. The normalized spacial score (nSPS) is 15.1. The van der Waals surface area contributed by atoms with E-state index in [1.807, 2.05) is 16.8 Å². The van der Waals surface area contributed by atoms with E-state index in [-0.39, 0.29) is 11.9 Å². The Balaban J connectivity index is 1.33. The number of hydrogen-bond acceptors (Lipinski definition) is 7. The number of piperidine rings is 1. The minimum atomic E-state index is -0.0252. The van der Waals surface area contributed by atoms with Gasteiger partial charge in [-0.2, -0.15) is 11.3 Å². The average molecular weight is 400 g/mol. The molecule has 1 amide bonds. The summed E-state index contributed by atoms with van der Waals surface area (Å²) in [7, 11) is 0. The molecule has 8 heteroatoms. The first-order chi connectivity index (χ1) is 13.2. The third-order valence-electron chi connectivity index (χ3n) is 4.72. The first-order valence-electron chi connectivity index (χ1n) is 9.08. The Morgan fingerprint density at radius 1 is 1.30 bits per heavy atom. The lowest BCUT2D eigenvalue weighted by Gasteiger charge is -2.33. The molecule has 0 aromatic carbocycles.